The van der Waals surface area contributed by atoms with Crippen molar-refractivity contribution in [1.29, 1.82) is 0 Å². The first-order valence-electron chi connectivity index (χ1n) is 7.52. The molecule has 3 heteroatoms. The third-order valence-electron chi connectivity index (χ3n) is 4.61. The van der Waals surface area contributed by atoms with Gasteiger partial charge in [0.25, 0.3) is 0 Å². The maximum Gasteiger partial charge on any atom is 0.0627 e. The van der Waals surface area contributed by atoms with Gasteiger partial charge in [0, 0.05) is 5.92 Å². The van der Waals surface area contributed by atoms with Crippen LogP contribution in [-0.2, 0) is 11.2 Å². The number of nitrogens with two attached hydrogens (primary N) is 1. The second kappa shape index (κ2) is 5.61. The molecule has 3 N–H and O–H groups in total. The molecule has 0 amide bonds. The van der Waals surface area contributed by atoms with Gasteiger partial charge in [-0.05, 0) is 36.8 Å². The average Bonchev–Trinajstić information content (AvgIpc) is 3.03. The lowest BCUT2D eigenvalue weighted by molar-refractivity contribution is 0.0857. The van der Waals surface area contributed by atoms with Gasteiger partial charge in [0.1, 0.15) is 0 Å². The third-order valence-corrected chi connectivity index (χ3v) is 4.61. The van der Waals surface area contributed by atoms with Gasteiger partial charge in [-0.25, -0.2) is 0 Å². The van der Waals surface area contributed by atoms with Crippen LogP contribution in [0.2, 0.25) is 0 Å². The van der Waals surface area contributed by atoms with E-state index in [9.17, 15) is 0 Å². The number of nitrogens with one attached hydrogen (secondary N) is 1. The Bertz CT molecular complexity index is 435. The number of aryl methyl sites for hydroxylation is 1. The van der Waals surface area contributed by atoms with E-state index in [1.54, 1.807) is 0 Å². The highest BCUT2D eigenvalue weighted by Gasteiger charge is 2.44. The summed E-state index contributed by atoms with van der Waals surface area (Å²) in [7, 11) is 0. The first-order chi connectivity index (χ1) is 9.31. The van der Waals surface area contributed by atoms with Crippen molar-refractivity contribution in [3.05, 3.63) is 35.4 Å². The lowest BCUT2D eigenvalue weighted by atomic mass is 9.81. The van der Waals surface area contributed by atoms with Crippen molar-refractivity contribution in [2.45, 2.75) is 57.3 Å². The van der Waals surface area contributed by atoms with E-state index >= 15 is 0 Å². The fourth-order valence-electron chi connectivity index (χ4n) is 3.73. The van der Waals surface area contributed by atoms with Crippen LogP contribution < -0.4 is 11.3 Å². The van der Waals surface area contributed by atoms with E-state index < -0.39 is 0 Å². The van der Waals surface area contributed by atoms with E-state index in [2.05, 4.69) is 36.6 Å². The summed E-state index contributed by atoms with van der Waals surface area (Å²) in [4.78, 5) is 0. The number of benzene rings is 1. The zero-order valence-corrected chi connectivity index (χ0v) is 11.6. The minimum Gasteiger partial charge on any atom is -0.375 e. The molecule has 3 rings (SSSR count). The number of fused-ring (bicyclic) bond motifs is 2. The van der Waals surface area contributed by atoms with Gasteiger partial charge in [0.15, 0.2) is 0 Å². The van der Waals surface area contributed by atoms with E-state index in [4.69, 9.17) is 10.6 Å². The second-order valence-corrected chi connectivity index (χ2v) is 5.91. The Morgan fingerprint density at radius 3 is 2.95 bits per heavy atom. The maximum atomic E-state index is 5.97. The van der Waals surface area contributed by atoms with Crippen LogP contribution in [0.5, 0.6) is 0 Å². The Hall–Kier alpha value is -0.900. The summed E-state index contributed by atoms with van der Waals surface area (Å²) in [6.07, 6.45) is 6.78. The van der Waals surface area contributed by atoms with Gasteiger partial charge in [-0.2, -0.15) is 0 Å². The van der Waals surface area contributed by atoms with Gasteiger partial charge in [-0.15, -0.1) is 0 Å². The van der Waals surface area contributed by atoms with Crippen molar-refractivity contribution >= 4 is 0 Å². The summed E-state index contributed by atoms with van der Waals surface area (Å²) in [6, 6.07) is 9.08. The standard InChI is InChI=1S/C16H24N2O/c1-2-4-11-5-3-6-12(9-11)16(18-17)14-10-13-7-8-15(14)19-13/h3,5-6,9,13-16,18H,2,4,7-8,10,17H2,1H3. The van der Waals surface area contributed by atoms with Gasteiger partial charge in [0.05, 0.1) is 18.2 Å². The predicted octanol–water partition coefficient (Wildman–Crippen LogP) is 2.71. The molecule has 0 radical (unpaired) electrons. The molecule has 2 heterocycles. The maximum absolute atomic E-state index is 5.97. The molecule has 2 saturated heterocycles. The van der Waals surface area contributed by atoms with Crippen LogP contribution in [-0.4, -0.2) is 12.2 Å². The van der Waals surface area contributed by atoms with Crippen LogP contribution in [0.1, 0.15) is 49.8 Å². The highest BCUT2D eigenvalue weighted by molar-refractivity contribution is 5.27. The Kier molecular flexibility index (Phi) is 3.87. The fourth-order valence-corrected chi connectivity index (χ4v) is 3.73. The quantitative estimate of drug-likeness (QED) is 0.632. The van der Waals surface area contributed by atoms with Crippen molar-refractivity contribution in [3.63, 3.8) is 0 Å². The van der Waals surface area contributed by atoms with Gasteiger partial charge >= 0.3 is 0 Å². The normalized spacial score (nSPS) is 30.7. The first-order valence-corrected chi connectivity index (χ1v) is 7.52. The third kappa shape index (κ3) is 2.55. The fraction of sp³-hybridized carbons (Fsp3) is 0.625. The largest absolute Gasteiger partial charge is 0.375 e. The number of hydrogen-bond acceptors (Lipinski definition) is 3. The highest BCUT2D eigenvalue weighted by atomic mass is 16.5. The Morgan fingerprint density at radius 1 is 1.42 bits per heavy atom. The zero-order valence-electron chi connectivity index (χ0n) is 11.6. The molecule has 2 aliphatic rings. The van der Waals surface area contributed by atoms with Gasteiger partial charge in [0.2, 0.25) is 0 Å². The van der Waals surface area contributed by atoms with Crippen LogP contribution in [0.4, 0.5) is 0 Å². The molecule has 4 atom stereocenters. The first kappa shape index (κ1) is 13.1. The molecule has 1 aromatic carbocycles. The lowest BCUT2D eigenvalue weighted by Crippen LogP contribution is -2.37. The zero-order chi connectivity index (χ0) is 13.2. The van der Waals surface area contributed by atoms with E-state index in [0.29, 0.717) is 18.1 Å². The Balaban J connectivity index is 1.80. The van der Waals surface area contributed by atoms with Crippen molar-refractivity contribution < 1.29 is 4.74 Å². The Labute approximate surface area is 115 Å². The molecule has 2 aliphatic heterocycles. The monoisotopic (exact) mass is 260 g/mol. The van der Waals surface area contributed by atoms with Crippen LogP contribution in [0.3, 0.4) is 0 Å². The molecule has 0 spiro atoms. The molecule has 1 aromatic rings. The molecule has 19 heavy (non-hydrogen) atoms. The van der Waals surface area contributed by atoms with E-state index in [1.165, 1.54) is 30.4 Å². The van der Waals surface area contributed by atoms with E-state index in [-0.39, 0.29) is 6.04 Å². The number of rotatable bonds is 5. The van der Waals surface area contributed by atoms with Crippen LogP contribution >= 0.6 is 0 Å². The van der Waals surface area contributed by atoms with Crippen molar-refractivity contribution in [1.82, 2.24) is 5.43 Å². The number of ether oxygens (including phenoxy) is 1. The molecule has 0 aromatic heterocycles. The number of hydrazine groups is 1. The molecule has 0 saturated carbocycles. The lowest BCUT2D eigenvalue weighted by Gasteiger charge is -2.28. The van der Waals surface area contributed by atoms with Gasteiger partial charge < -0.3 is 4.74 Å². The summed E-state index contributed by atoms with van der Waals surface area (Å²) < 4.78 is 5.97. The summed E-state index contributed by atoms with van der Waals surface area (Å²) in [5.74, 6) is 6.36. The minimum atomic E-state index is 0.229. The molecule has 0 aliphatic carbocycles. The SMILES string of the molecule is CCCc1cccc(C(NN)C2CC3CCC2O3)c1. The van der Waals surface area contributed by atoms with E-state index in [0.717, 1.165) is 12.8 Å². The minimum absolute atomic E-state index is 0.229. The smallest absolute Gasteiger partial charge is 0.0627 e. The molecule has 2 fully saturated rings. The van der Waals surface area contributed by atoms with Crippen molar-refractivity contribution in [2.75, 3.05) is 0 Å². The molecular weight excluding hydrogens is 236 g/mol. The molecular formula is C16H24N2O. The molecule has 4 unspecified atom stereocenters. The summed E-state index contributed by atoms with van der Waals surface area (Å²) in [5.41, 5.74) is 5.76. The topological polar surface area (TPSA) is 47.3 Å². The Morgan fingerprint density at radius 2 is 2.32 bits per heavy atom. The van der Waals surface area contributed by atoms with Gasteiger partial charge in [-0.3, -0.25) is 11.3 Å². The summed E-state index contributed by atoms with van der Waals surface area (Å²) in [5, 5.41) is 0. The van der Waals surface area contributed by atoms with Crippen LogP contribution in [0.15, 0.2) is 24.3 Å². The van der Waals surface area contributed by atoms with Crippen molar-refractivity contribution in [2.24, 2.45) is 11.8 Å². The predicted molar refractivity (Wildman–Crippen MR) is 76.5 cm³/mol. The summed E-state index contributed by atoms with van der Waals surface area (Å²) >= 11 is 0. The molecule has 2 bridgehead atoms. The van der Waals surface area contributed by atoms with Crippen LogP contribution in [0, 0.1) is 5.92 Å². The molecule has 3 nitrogen and oxygen atoms in total. The molecule has 104 valence electrons. The van der Waals surface area contributed by atoms with Crippen molar-refractivity contribution in [3.8, 4) is 0 Å². The average molecular weight is 260 g/mol. The highest BCUT2D eigenvalue weighted by Crippen LogP contribution is 2.44. The van der Waals surface area contributed by atoms with E-state index in [1.807, 2.05) is 0 Å². The number of hydrogen-bond donors (Lipinski definition) is 2. The second-order valence-electron chi connectivity index (χ2n) is 5.91. The summed E-state index contributed by atoms with van der Waals surface area (Å²) in [6.45, 7) is 2.22. The van der Waals surface area contributed by atoms with Gasteiger partial charge in [-0.1, -0.05) is 37.6 Å². The van der Waals surface area contributed by atoms with Crippen LogP contribution in [0.25, 0.3) is 0 Å².